The lowest BCUT2D eigenvalue weighted by Crippen LogP contribution is -2.11. The van der Waals surface area contributed by atoms with E-state index in [4.69, 9.17) is 0 Å². The standard InChI is InChI=1S/C16H22FNS/c1-15(2,3)11-7-10(9-17)13-12(8-11)19-14(18-13)16(4,5)6/h7-8H,9H2,1-6H3. The minimum absolute atomic E-state index is 0.0131. The predicted molar refractivity (Wildman–Crippen MR) is 81.8 cm³/mol. The molecule has 2 aromatic rings. The monoisotopic (exact) mass is 279 g/mol. The Morgan fingerprint density at radius 3 is 2.16 bits per heavy atom. The molecule has 0 bridgehead atoms. The first-order valence-electron chi connectivity index (χ1n) is 6.63. The lowest BCUT2D eigenvalue weighted by atomic mass is 9.86. The van der Waals surface area contributed by atoms with E-state index in [0.29, 0.717) is 5.56 Å². The van der Waals surface area contributed by atoms with Crippen molar-refractivity contribution in [1.82, 2.24) is 4.98 Å². The van der Waals surface area contributed by atoms with Crippen molar-refractivity contribution >= 4 is 21.6 Å². The molecule has 0 saturated heterocycles. The first-order chi connectivity index (χ1) is 8.63. The fourth-order valence-electron chi connectivity index (χ4n) is 1.95. The first-order valence-corrected chi connectivity index (χ1v) is 7.45. The molecule has 0 N–H and O–H groups in total. The van der Waals surface area contributed by atoms with Gasteiger partial charge in [0.15, 0.2) is 0 Å². The summed E-state index contributed by atoms with van der Waals surface area (Å²) in [6, 6.07) is 4.13. The normalized spacial score (nSPS) is 13.2. The van der Waals surface area contributed by atoms with E-state index in [1.807, 2.05) is 6.07 Å². The Labute approximate surface area is 118 Å². The number of nitrogens with zero attached hydrogens (tertiary/aromatic N) is 1. The molecular weight excluding hydrogens is 257 g/mol. The number of rotatable bonds is 1. The molecule has 1 nitrogen and oxygen atoms in total. The van der Waals surface area contributed by atoms with Crippen LogP contribution in [0.15, 0.2) is 12.1 Å². The van der Waals surface area contributed by atoms with Crippen molar-refractivity contribution in [3.05, 3.63) is 28.3 Å². The minimum atomic E-state index is -0.451. The Hall–Kier alpha value is -0.960. The molecule has 1 heterocycles. The molecule has 0 unspecified atom stereocenters. The summed E-state index contributed by atoms with van der Waals surface area (Å²) in [5.41, 5.74) is 2.78. The zero-order chi connectivity index (χ0) is 14.4. The fraction of sp³-hybridized carbons (Fsp3) is 0.562. The van der Waals surface area contributed by atoms with Crippen LogP contribution in [0.2, 0.25) is 0 Å². The number of hydrogen-bond acceptors (Lipinski definition) is 2. The van der Waals surface area contributed by atoms with Crippen molar-refractivity contribution in [3.63, 3.8) is 0 Å². The predicted octanol–water partition coefficient (Wildman–Crippen LogP) is 5.36. The molecule has 19 heavy (non-hydrogen) atoms. The quantitative estimate of drug-likeness (QED) is 0.684. The molecule has 0 atom stereocenters. The SMILES string of the molecule is CC(C)(C)c1cc(CF)c2nc(C(C)(C)C)sc2c1. The van der Waals surface area contributed by atoms with Gasteiger partial charge in [-0.05, 0) is 17.0 Å². The van der Waals surface area contributed by atoms with Gasteiger partial charge in [0.1, 0.15) is 6.67 Å². The van der Waals surface area contributed by atoms with Crippen LogP contribution in [-0.2, 0) is 17.5 Å². The van der Waals surface area contributed by atoms with Crippen molar-refractivity contribution in [2.75, 3.05) is 0 Å². The van der Waals surface area contributed by atoms with E-state index < -0.39 is 6.67 Å². The lowest BCUT2D eigenvalue weighted by Gasteiger charge is -2.19. The zero-order valence-corrected chi connectivity index (χ0v) is 13.4. The van der Waals surface area contributed by atoms with E-state index in [9.17, 15) is 4.39 Å². The Kier molecular flexibility index (Phi) is 3.46. The highest BCUT2D eigenvalue weighted by Crippen LogP contribution is 2.36. The largest absolute Gasteiger partial charge is 0.246 e. The van der Waals surface area contributed by atoms with Crippen LogP contribution in [-0.4, -0.2) is 4.98 Å². The third kappa shape index (κ3) is 2.81. The summed E-state index contributed by atoms with van der Waals surface area (Å²) in [6.07, 6.45) is 0. The van der Waals surface area contributed by atoms with Gasteiger partial charge in [-0.25, -0.2) is 9.37 Å². The van der Waals surface area contributed by atoms with E-state index in [1.54, 1.807) is 11.3 Å². The van der Waals surface area contributed by atoms with Gasteiger partial charge < -0.3 is 0 Å². The van der Waals surface area contributed by atoms with E-state index in [2.05, 4.69) is 52.6 Å². The van der Waals surface area contributed by atoms with Crippen LogP contribution >= 0.6 is 11.3 Å². The van der Waals surface area contributed by atoms with E-state index >= 15 is 0 Å². The molecule has 0 aliphatic rings. The molecule has 0 amide bonds. The van der Waals surface area contributed by atoms with Crippen molar-refractivity contribution in [2.45, 2.75) is 59.0 Å². The average molecular weight is 279 g/mol. The molecule has 0 radical (unpaired) electrons. The van der Waals surface area contributed by atoms with Crippen molar-refractivity contribution < 1.29 is 4.39 Å². The molecule has 0 fully saturated rings. The van der Waals surface area contributed by atoms with Crippen LogP contribution < -0.4 is 0 Å². The maximum Gasteiger partial charge on any atom is 0.117 e. The summed E-state index contributed by atoms with van der Waals surface area (Å²) in [4.78, 5) is 4.66. The third-order valence-corrected chi connectivity index (χ3v) is 4.65. The smallest absolute Gasteiger partial charge is 0.117 e. The highest BCUT2D eigenvalue weighted by molar-refractivity contribution is 7.18. The van der Waals surface area contributed by atoms with Gasteiger partial charge in [-0.2, -0.15) is 0 Å². The van der Waals surface area contributed by atoms with Gasteiger partial charge in [0.2, 0.25) is 0 Å². The summed E-state index contributed by atoms with van der Waals surface area (Å²) in [5.74, 6) is 0. The third-order valence-electron chi connectivity index (χ3n) is 3.23. The molecular formula is C16H22FNS. The van der Waals surface area contributed by atoms with Crippen molar-refractivity contribution in [2.24, 2.45) is 0 Å². The second-order valence-corrected chi connectivity index (χ2v) is 8.17. The van der Waals surface area contributed by atoms with Crippen molar-refractivity contribution in [1.29, 1.82) is 0 Å². The maximum absolute atomic E-state index is 13.3. The highest BCUT2D eigenvalue weighted by Gasteiger charge is 2.22. The Morgan fingerprint density at radius 2 is 1.68 bits per heavy atom. The van der Waals surface area contributed by atoms with Crippen LogP contribution in [0, 0.1) is 0 Å². The van der Waals surface area contributed by atoms with Crippen LogP contribution in [0.25, 0.3) is 10.2 Å². The number of aromatic nitrogens is 1. The van der Waals surface area contributed by atoms with Gasteiger partial charge in [0, 0.05) is 11.0 Å². The number of hydrogen-bond donors (Lipinski definition) is 0. The lowest BCUT2D eigenvalue weighted by molar-refractivity contribution is 0.485. The molecule has 0 aliphatic carbocycles. The van der Waals surface area contributed by atoms with Crippen LogP contribution in [0.5, 0.6) is 0 Å². The molecule has 1 aromatic heterocycles. The summed E-state index contributed by atoms with van der Waals surface area (Å²) in [7, 11) is 0. The molecule has 104 valence electrons. The minimum Gasteiger partial charge on any atom is -0.246 e. The van der Waals surface area contributed by atoms with Gasteiger partial charge in [0.05, 0.1) is 15.2 Å². The zero-order valence-electron chi connectivity index (χ0n) is 12.6. The second kappa shape index (κ2) is 4.55. The van der Waals surface area contributed by atoms with Gasteiger partial charge in [-0.15, -0.1) is 11.3 Å². The summed E-state index contributed by atoms with van der Waals surface area (Å²) in [6.45, 7) is 12.4. The second-order valence-electron chi connectivity index (χ2n) is 7.13. The molecule has 1 aromatic carbocycles. The maximum atomic E-state index is 13.3. The fourth-order valence-corrected chi connectivity index (χ4v) is 3.07. The van der Waals surface area contributed by atoms with Gasteiger partial charge in [-0.3, -0.25) is 0 Å². The van der Waals surface area contributed by atoms with Gasteiger partial charge in [0.25, 0.3) is 0 Å². The number of benzene rings is 1. The molecule has 0 aliphatic heterocycles. The van der Waals surface area contributed by atoms with Gasteiger partial charge >= 0.3 is 0 Å². The van der Waals surface area contributed by atoms with Crippen LogP contribution in [0.4, 0.5) is 4.39 Å². The Bertz CT molecular complexity index is 599. The topological polar surface area (TPSA) is 12.9 Å². The highest BCUT2D eigenvalue weighted by atomic mass is 32.1. The van der Waals surface area contributed by atoms with E-state index in [1.165, 1.54) is 5.56 Å². The molecule has 0 saturated carbocycles. The number of halogens is 1. The summed E-state index contributed by atoms with van der Waals surface area (Å²) in [5, 5.41) is 1.07. The summed E-state index contributed by atoms with van der Waals surface area (Å²) < 4.78 is 14.4. The summed E-state index contributed by atoms with van der Waals surface area (Å²) >= 11 is 1.69. The average Bonchev–Trinajstić information content (AvgIpc) is 2.69. The van der Waals surface area contributed by atoms with Gasteiger partial charge in [-0.1, -0.05) is 47.6 Å². The van der Waals surface area contributed by atoms with Crippen LogP contribution in [0.3, 0.4) is 0 Å². The Balaban J connectivity index is 2.70. The Morgan fingerprint density at radius 1 is 1.05 bits per heavy atom. The number of thiazole rings is 1. The first kappa shape index (κ1) is 14.4. The molecule has 3 heteroatoms. The molecule has 2 rings (SSSR count). The van der Waals surface area contributed by atoms with Crippen LogP contribution in [0.1, 0.15) is 57.7 Å². The van der Waals surface area contributed by atoms with E-state index in [0.717, 1.165) is 15.2 Å². The number of alkyl halides is 1. The van der Waals surface area contributed by atoms with E-state index in [-0.39, 0.29) is 10.8 Å². The van der Waals surface area contributed by atoms with Crippen molar-refractivity contribution in [3.8, 4) is 0 Å². The molecule has 0 spiro atoms. The number of fused-ring (bicyclic) bond motifs is 1.